The van der Waals surface area contributed by atoms with Crippen LogP contribution in [0.1, 0.15) is 0 Å². The lowest BCUT2D eigenvalue weighted by atomic mass is 10.1. The molecule has 0 bridgehead atoms. The molecule has 0 spiro atoms. The van der Waals surface area contributed by atoms with Crippen molar-refractivity contribution in [2.75, 3.05) is 30.3 Å². The van der Waals surface area contributed by atoms with Gasteiger partial charge in [-0.15, -0.1) is 0 Å². The molecule has 26 heavy (non-hydrogen) atoms. The zero-order valence-electron chi connectivity index (χ0n) is 13.5. The van der Waals surface area contributed by atoms with E-state index in [-0.39, 0.29) is 13.2 Å². The average Bonchev–Trinajstić information content (AvgIpc) is 3.04. The summed E-state index contributed by atoms with van der Waals surface area (Å²) in [6, 6.07) is 5.11. The van der Waals surface area contributed by atoms with Gasteiger partial charge in [0.05, 0.1) is 19.3 Å². The summed E-state index contributed by atoms with van der Waals surface area (Å²) in [6.45, 7) is 0.0316. The lowest BCUT2D eigenvalue weighted by Gasteiger charge is -2.34. The zero-order chi connectivity index (χ0) is 18.3. The molecule has 1 aliphatic heterocycles. The van der Waals surface area contributed by atoms with Gasteiger partial charge in [-0.05, 0) is 23.8 Å². The molecule has 0 radical (unpaired) electrons. The minimum Gasteiger partial charge on any atom is -0.384 e. The quantitative estimate of drug-likeness (QED) is 0.750. The Bertz CT molecular complexity index is 941. The van der Waals surface area contributed by atoms with E-state index in [1.54, 1.807) is 46.2 Å². The maximum atomic E-state index is 13.0. The molecule has 2 N–H and O–H groups in total. The first-order chi connectivity index (χ1) is 12.4. The van der Waals surface area contributed by atoms with Gasteiger partial charge in [0.1, 0.15) is 11.6 Å². The molecule has 0 amide bonds. The van der Waals surface area contributed by atoms with Gasteiger partial charge in [-0.2, -0.15) is 18.3 Å². The summed E-state index contributed by atoms with van der Waals surface area (Å²) in [4.78, 5) is 10.0. The molecule has 4 heterocycles. The van der Waals surface area contributed by atoms with Crippen LogP contribution in [-0.4, -0.2) is 51.6 Å². The molecule has 3 aromatic rings. The third-order valence-corrected chi connectivity index (χ3v) is 4.20. The van der Waals surface area contributed by atoms with Gasteiger partial charge in [0.15, 0.2) is 11.8 Å². The number of pyridine rings is 1. The number of morpholine rings is 1. The van der Waals surface area contributed by atoms with E-state index in [0.29, 0.717) is 23.8 Å². The van der Waals surface area contributed by atoms with Crippen LogP contribution in [0.4, 0.5) is 24.8 Å². The predicted molar refractivity (Wildman–Crippen MR) is 88.6 cm³/mol. The normalized spacial score (nSPS) is 18.4. The van der Waals surface area contributed by atoms with Crippen molar-refractivity contribution < 1.29 is 17.9 Å². The summed E-state index contributed by atoms with van der Waals surface area (Å²) in [5, 5.41) is 4.23. The second-order valence-corrected chi connectivity index (χ2v) is 5.93. The smallest absolute Gasteiger partial charge is 0.384 e. The summed E-state index contributed by atoms with van der Waals surface area (Å²) in [5.74, 6) is 0.804. The molecule has 3 aromatic heterocycles. The second kappa shape index (κ2) is 6.13. The molecule has 1 atom stereocenters. The molecule has 7 nitrogen and oxygen atoms in total. The number of fused-ring (bicyclic) bond motifs is 1. The van der Waals surface area contributed by atoms with Crippen LogP contribution in [0.25, 0.3) is 16.8 Å². The van der Waals surface area contributed by atoms with Crippen molar-refractivity contribution in [3.05, 3.63) is 36.8 Å². The SMILES string of the molecule is Nc1cc(-c2cnn3ccc(N4CCOC(C(F)(F)F)C4)nc23)ccn1. The monoisotopic (exact) mass is 364 g/mol. The lowest BCUT2D eigenvalue weighted by Crippen LogP contribution is -2.49. The van der Waals surface area contributed by atoms with Gasteiger partial charge in [0, 0.05) is 24.5 Å². The zero-order valence-corrected chi connectivity index (χ0v) is 13.5. The highest BCUT2D eigenvalue weighted by Gasteiger charge is 2.43. The van der Waals surface area contributed by atoms with E-state index < -0.39 is 12.3 Å². The van der Waals surface area contributed by atoms with Crippen molar-refractivity contribution >= 4 is 17.3 Å². The molecule has 1 aliphatic rings. The largest absolute Gasteiger partial charge is 0.416 e. The Hall–Kier alpha value is -2.88. The van der Waals surface area contributed by atoms with Crippen LogP contribution in [0.2, 0.25) is 0 Å². The first-order valence-electron chi connectivity index (χ1n) is 7.91. The Morgan fingerprint density at radius 1 is 1.27 bits per heavy atom. The van der Waals surface area contributed by atoms with Crippen LogP contribution in [0.3, 0.4) is 0 Å². The van der Waals surface area contributed by atoms with E-state index in [0.717, 1.165) is 11.1 Å². The van der Waals surface area contributed by atoms with Gasteiger partial charge in [-0.25, -0.2) is 14.5 Å². The molecule has 0 aliphatic carbocycles. The third kappa shape index (κ3) is 3.03. The minimum absolute atomic E-state index is 0.00988. The predicted octanol–water partition coefficient (Wildman–Crippen LogP) is 2.14. The van der Waals surface area contributed by atoms with Crippen molar-refractivity contribution in [1.82, 2.24) is 19.6 Å². The number of hydrogen-bond acceptors (Lipinski definition) is 6. The van der Waals surface area contributed by atoms with Crippen molar-refractivity contribution in [2.45, 2.75) is 12.3 Å². The number of aromatic nitrogens is 4. The Labute approximate surface area is 146 Å². The highest BCUT2D eigenvalue weighted by Crippen LogP contribution is 2.29. The summed E-state index contributed by atoms with van der Waals surface area (Å²) in [7, 11) is 0. The molecule has 4 rings (SSSR count). The molecule has 1 unspecified atom stereocenters. The number of ether oxygens (including phenoxy) is 1. The van der Waals surface area contributed by atoms with E-state index in [4.69, 9.17) is 10.5 Å². The summed E-state index contributed by atoms with van der Waals surface area (Å²) in [6.07, 6.45) is -1.34. The van der Waals surface area contributed by atoms with Crippen molar-refractivity contribution in [1.29, 1.82) is 0 Å². The number of alkyl halides is 3. The standard InChI is InChI=1S/C16H15F3N6O/c17-16(18,19)12-9-24(5-6-26-12)14-2-4-25-15(23-14)11(8-22-25)10-1-3-21-13(20)7-10/h1-4,7-8,12H,5-6,9H2,(H2,20,21). The second-order valence-electron chi connectivity index (χ2n) is 5.93. The number of nitrogen functional groups attached to an aromatic ring is 1. The molecule has 1 saturated heterocycles. The third-order valence-electron chi connectivity index (χ3n) is 4.20. The van der Waals surface area contributed by atoms with E-state index in [1.165, 1.54) is 0 Å². The number of rotatable bonds is 2. The van der Waals surface area contributed by atoms with Crippen molar-refractivity contribution in [3.63, 3.8) is 0 Å². The molecule has 10 heteroatoms. The number of nitrogens with zero attached hydrogens (tertiary/aromatic N) is 5. The molecule has 136 valence electrons. The fourth-order valence-corrected chi connectivity index (χ4v) is 2.91. The number of anilines is 2. The fourth-order valence-electron chi connectivity index (χ4n) is 2.91. The van der Waals surface area contributed by atoms with E-state index in [2.05, 4.69) is 15.1 Å². The van der Waals surface area contributed by atoms with Crippen LogP contribution in [0.5, 0.6) is 0 Å². The first-order valence-corrected chi connectivity index (χ1v) is 7.91. The Morgan fingerprint density at radius 3 is 2.88 bits per heavy atom. The highest BCUT2D eigenvalue weighted by atomic mass is 19.4. The van der Waals surface area contributed by atoms with Gasteiger partial charge in [-0.1, -0.05) is 0 Å². The molecule has 0 saturated carbocycles. The van der Waals surface area contributed by atoms with Gasteiger partial charge in [0.25, 0.3) is 0 Å². The minimum atomic E-state index is -4.40. The van der Waals surface area contributed by atoms with Crippen LogP contribution in [0, 0.1) is 0 Å². The van der Waals surface area contributed by atoms with Gasteiger partial charge in [-0.3, -0.25) is 0 Å². The number of hydrogen-bond donors (Lipinski definition) is 1. The van der Waals surface area contributed by atoms with Gasteiger partial charge >= 0.3 is 6.18 Å². The Morgan fingerprint density at radius 2 is 2.12 bits per heavy atom. The Balaban J connectivity index is 1.70. The van der Waals surface area contributed by atoms with Crippen molar-refractivity contribution in [2.24, 2.45) is 0 Å². The van der Waals surface area contributed by atoms with E-state index in [9.17, 15) is 13.2 Å². The molecular weight excluding hydrogens is 349 g/mol. The van der Waals surface area contributed by atoms with Crippen LogP contribution < -0.4 is 10.6 Å². The number of halogens is 3. The molecule has 1 fully saturated rings. The van der Waals surface area contributed by atoms with Gasteiger partial charge in [0.2, 0.25) is 0 Å². The van der Waals surface area contributed by atoms with Crippen LogP contribution in [-0.2, 0) is 4.74 Å². The molecule has 0 aromatic carbocycles. The summed E-state index contributed by atoms with van der Waals surface area (Å²) < 4.78 is 45.3. The number of nitrogens with two attached hydrogens (primary N) is 1. The van der Waals surface area contributed by atoms with Crippen LogP contribution in [0.15, 0.2) is 36.8 Å². The Kier molecular flexibility index (Phi) is 3.91. The van der Waals surface area contributed by atoms with E-state index in [1.807, 2.05) is 0 Å². The fraction of sp³-hybridized carbons (Fsp3) is 0.312. The molecular formula is C16H15F3N6O. The van der Waals surface area contributed by atoms with Crippen molar-refractivity contribution in [3.8, 4) is 11.1 Å². The van der Waals surface area contributed by atoms with Gasteiger partial charge < -0.3 is 15.4 Å². The maximum absolute atomic E-state index is 13.0. The summed E-state index contributed by atoms with van der Waals surface area (Å²) >= 11 is 0. The summed E-state index contributed by atoms with van der Waals surface area (Å²) in [5.41, 5.74) is 7.76. The first kappa shape index (κ1) is 16.6. The topological polar surface area (TPSA) is 81.6 Å². The van der Waals surface area contributed by atoms with E-state index >= 15 is 0 Å². The highest BCUT2D eigenvalue weighted by molar-refractivity contribution is 5.78. The maximum Gasteiger partial charge on any atom is 0.416 e. The van der Waals surface area contributed by atoms with Crippen LogP contribution >= 0.6 is 0 Å². The average molecular weight is 364 g/mol. The lowest BCUT2D eigenvalue weighted by molar-refractivity contribution is -0.221.